The van der Waals surface area contributed by atoms with Gasteiger partial charge in [-0.3, -0.25) is 9.59 Å². The van der Waals surface area contributed by atoms with Crippen molar-refractivity contribution in [1.29, 1.82) is 0 Å². The number of carbonyl (C=O) groups is 3. The fourth-order valence-electron chi connectivity index (χ4n) is 2.53. The third-order valence-corrected chi connectivity index (χ3v) is 6.06. The number of rotatable bonds is 9. The third kappa shape index (κ3) is 6.23. The van der Waals surface area contributed by atoms with Gasteiger partial charge in [0, 0.05) is 33.1 Å². The van der Waals surface area contributed by atoms with Crippen molar-refractivity contribution in [2.24, 2.45) is 0 Å². The largest absolute Gasteiger partial charge is 0.454 e. The van der Waals surface area contributed by atoms with E-state index in [0.717, 1.165) is 9.87 Å². The van der Waals surface area contributed by atoms with Gasteiger partial charge in [-0.25, -0.2) is 17.5 Å². The molecule has 1 amide bonds. The summed E-state index contributed by atoms with van der Waals surface area (Å²) in [7, 11) is -0.901. The van der Waals surface area contributed by atoms with E-state index in [1.165, 1.54) is 45.3 Å². The van der Waals surface area contributed by atoms with Crippen LogP contribution in [0.15, 0.2) is 53.4 Å². The van der Waals surface area contributed by atoms with E-state index in [4.69, 9.17) is 4.74 Å². The van der Waals surface area contributed by atoms with E-state index >= 15 is 0 Å². The van der Waals surface area contributed by atoms with Crippen LogP contribution in [-0.2, 0) is 26.0 Å². The topological polar surface area (TPSA) is 110 Å². The maximum absolute atomic E-state index is 12.3. The lowest BCUT2D eigenvalue weighted by molar-refractivity contribution is -0.118. The molecular formula is C21H24N2O6S. The molecule has 1 N–H and O–H groups in total. The van der Waals surface area contributed by atoms with Gasteiger partial charge in [-0.05, 0) is 30.2 Å². The molecule has 0 bridgehead atoms. The van der Waals surface area contributed by atoms with Gasteiger partial charge in [0.2, 0.25) is 15.9 Å². The van der Waals surface area contributed by atoms with Gasteiger partial charge in [0.25, 0.3) is 0 Å². The molecule has 0 aliphatic heterocycles. The van der Waals surface area contributed by atoms with Crippen molar-refractivity contribution in [2.45, 2.75) is 18.2 Å². The lowest BCUT2D eigenvalue weighted by Gasteiger charge is -2.12. The van der Waals surface area contributed by atoms with Crippen LogP contribution in [0.1, 0.15) is 33.2 Å². The summed E-state index contributed by atoms with van der Waals surface area (Å²) in [5.74, 6) is -1.27. The Morgan fingerprint density at radius 1 is 1.00 bits per heavy atom. The standard InChI is InChI=1S/C21H24N2O6S/c1-15(24)22-12-11-16-7-9-17(10-8-16)20(25)14-29-21(26)18-5-4-6-19(13-18)30(27,28)23(2)3/h4-10,13H,11-12,14H2,1-3H3,(H,22,24). The molecule has 0 saturated heterocycles. The average Bonchev–Trinajstić information content (AvgIpc) is 2.72. The highest BCUT2D eigenvalue weighted by atomic mass is 32.2. The van der Waals surface area contributed by atoms with Crippen LogP contribution in [0.2, 0.25) is 0 Å². The summed E-state index contributed by atoms with van der Waals surface area (Å²) >= 11 is 0. The zero-order chi connectivity index (χ0) is 22.3. The number of ether oxygens (including phenoxy) is 1. The Balaban J connectivity index is 1.96. The molecule has 0 unspecified atom stereocenters. The molecule has 0 saturated carbocycles. The lowest BCUT2D eigenvalue weighted by Crippen LogP contribution is -2.22. The molecule has 0 aliphatic carbocycles. The number of amides is 1. The minimum atomic E-state index is -3.69. The van der Waals surface area contributed by atoms with Crippen LogP contribution in [0, 0.1) is 0 Å². The highest BCUT2D eigenvalue weighted by molar-refractivity contribution is 7.89. The van der Waals surface area contributed by atoms with E-state index in [2.05, 4.69) is 5.32 Å². The monoisotopic (exact) mass is 432 g/mol. The number of carbonyl (C=O) groups excluding carboxylic acids is 3. The van der Waals surface area contributed by atoms with Crippen molar-refractivity contribution in [3.63, 3.8) is 0 Å². The second-order valence-electron chi connectivity index (χ2n) is 6.74. The molecule has 0 aliphatic rings. The Bertz CT molecular complexity index is 1030. The number of nitrogens with one attached hydrogen (secondary N) is 1. The molecule has 0 heterocycles. The van der Waals surface area contributed by atoms with Gasteiger partial charge in [-0.1, -0.05) is 30.3 Å². The molecule has 30 heavy (non-hydrogen) atoms. The minimum absolute atomic E-state index is 0.0388. The highest BCUT2D eigenvalue weighted by Gasteiger charge is 2.19. The van der Waals surface area contributed by atoms with Crippen molar-refractivity contribution < 1.29 is 27.5 Å². The predicted octanol–water partition coefficient (Wildman–Crippen LogP) is 1.66. The molecule has 160 valence electrons. The van der Waals surface area contributed by atoms with E-state index in [1.807, 2.05) is 0 Å². The Hall–Kier alpha value is -3.04. The van der Waals surface area contributed by atoms with Crippen LogP contribution in [0.4, 0.5) is 0 Å². The fraction of sp³-hybridized carbons (Fsp3) is 0.286. The van der Waals surface area contributed by atoms with Crippen LogP contribution < -0.4 is 5.32 Å². The van der Waals surface area contributed by atoms with Crippen LogP contribution in [0.5, 0.6) is 0 Å². The van der Waals surface area contributed by atoms with Gasteiger partial charge in [0.1, 0.15) is 0 Å². The zero-order valence-electron chi connectivity index (χ0n) is 17.0. The molecule has 0 spiro atoms. The summed E-state index contributed by atoms with van der Waals surface area (Å²) in [6.45, 7) is 1.48. The van der Waals surface area contributed by atoms with Crippen LogP contribution in [0.25, 0.3) is 0 Å². The van der Waals surface area contributed by atoms with Crippen molar-refractivity contribution in [1.82, 2.24) is 9.62 Å². The van der Waals surface area contributed by atoms with Gasteiger partial charge in [-0.15, -0.1) is 0 Å². The minimum Gasteiger partial charge on any atom is -0.454 e. The first-order valence-corrected chi connectivity index (χ1v) is 10.6. The third-order valence-electron chi connectivity index (χ3n) is 4.25. The first-order valence-electron chi connectivity index (χ1n) is 9.17. The molecule has 2 rings (SSSR count). The lowest BCUT2D eigenvalue weighted by atomic mass is 10.1. The molecule has 0 atom stereocenters. The molecule has 2 aromatic carbocycles. The highest BCUT2D eigenvalue weighted by Crippen LogP contribution is 2.16. The zero-order valence-corrected chi connectivity index (χ0v) is 17.9. The second kappa shape index (κ2) is 10.1. The number of nitrogens with zero attached hydrogens (tertiary/aromatic N) is 1. The summed E-state index contributed by atoms with van der Waals surface area (Å²) in [6, 6.07) is 12.3. The Kier molecular flexibility index (Phi) is 7.85. The second-order valence-corrected chi connectivity index (χ2v) is 8.90. The molecule has 8 nitrogen and oxygen atoms in total. The SMILES string of the molecule is CC(=O)NCCc1ccc(C(=O)COC(=O)c2cccc(S(=O)(=O)N(C)C)c2)cc1. The maximum Gasteiger partial charge on any atom is 0.338 e. The molecule has 0 fully saturated rings. The normalized spacial score (nSPS) is 11.2. The maximum atomic E-state index is 12.3. The van der Waals surface area contributed by atoms with E-state index in [1.54, 1.807) is 24.3 Å². The van der Waals surface area contributed by atoms with E-state index in [-0.39, 0.29) is 22.1 Å². The number of hydrogen-bond donors (Lipinski definition) is 1. The average molecular weight is 432 g/mol. The van der Waals surface area contributed by atoms with Crippen molar-refractivity contribution in [3.8, 4) is 0 Å². The van der Waals surface area contributed by atoms with E-state index < -0.39 is 22.6 Å². The Labute approximate surface area is 175 Å². The Morgan fingerprint density at radius 2 is 1.67 bits per heavy atom. The smallest absolute Gasteiger partial charge is 0.338 e. The number of hydrogen-bond acceptors (Lipinski definition) is 6. The Morgan fingerprint density at radius 3 is 2.27 bits per heavy atom. The van der Waals surface area contributed by atoms with Gasteiger partial charge in [0.05, 0.1) is 10.5 Å². The molecule has 0 radical (unpaired) electrons. The quantitative estimate of drug-likeness (QED) is 0.477. The fourth-order valence-corrected chi connectivity index (χ4v) is 3.48. The number of Topliss-reactive ketones (excluding diaryl/α,β-unsaturated/α-hetero) is 1. The number of ketones is 1. The van der Waals surface area contributed by atoms with Gasteiger partial charge in [-0.2, -0.15) is 0 Å². The molecular weight excluding hydrogens is 408 g/mol. The van der Waals surface area contributed by atoms with Crippen molar-refractivity contribution in [2.75, 3.05) is 27.2 Å². The predicted molar refractivity (Wildman–Crippen MR) is 111 cm³/mol. The molecule has 2 aromatic rings. The summed E-state index contributed by atoms with van der Waals surface area (Å²) in [4.78, 5) is 35.3. The number of esters is 1. The van der Waals surface area contributed by atoms with Gasteiger partial charge >= 0.3 is 5.97 Å². The first-order chi connectivity index (χ1) is 14.1. The number of benzene rings is 2. The molecule has 9 heteroatoms. The van der Waals surface area contributed by atoms with E-state index in [0.29, 0.717) is 18.5 Å². The van der Waals surface area contributed by atoms with Crippen molar-refractivity contribution in [3.05, 3.63) is 65.2 Å². The van der Waals surface area contributed by atoms with Gasteiger partial charge in [0.15, 0.2) is 12.4 Å². The van der Waals surface area contributed by atoms with Crippen LogP contribution in [-0.4, -0.2) is 57.6 Å². The first kappa shape index (κ1) is 23.2. The van der Waals surface area contributed by atoms with E-state index in [9.17, 15) is 22.8 Å². The number of sulfonamides is 1. The summed E-state index contributed by atoms with van der Waals surface area (Å²) in [5, 5.41) is 2.70. The summed E-state index contributed by atoms with van der Waals surface area (Å²) < 4.78 is 30.5. The van der Waals surface area contributed by atoms with Crippen LogP contribution in [0.3, 0.4) is 0 Å². The summed E-state index contributed by atoms with van der Waals surface area (Å²) in [5.41, 5.74) is 1.38. The van der Waals surface area contributed by atoms with Gasteiger partial charge < -0.3 is 10.1 Å². The summed E-state index contributed by atoms with van der Waals surface area (Å²) in [6.07, 6.45) is 0.634. The van der Waals surface area contributed by atoms with Crippen molar-refractivity contribution >= 4 is 27.7 Å². The molecule has 0 aromatic heterocycles. The van der Waals surface area contributed by atoms with Crippen LogP contribution >= 0.6 is 0 Å².